The first-order valence-electron chi connectivity index (χ1n) is 5.05. The first-order valence-corrected chi connectivity index (χ1v) is 5.84. The zero-order valence-corrected chi connectivity index (χ0v) is 10.3. The summed E-state index contributed by atoms with van der Waals surface area (Å²) in [5.41, 5.74) is 7.75. The van der Waals surface area contributed by atoms with E-state index in [4.69, 9.17) is 5.73 Å². The van der Waals surface area contributed by atoms with Crippen molar-refractivity contribution in [1.29, 1.82) is 0 Å². The average Bonchev–Trinajstić information content (AvgIpc) is 2.52. The lowest BCUT2D eigenvalue weighted by atomic mass is 10.2. The molecule has 0 aliphatic carbocycles. The summed E-state index contributed by atoms with van der Waals surface area (Å²) >= 11 is 3.45. The van der Waals surface area contributed by atoms with Crippen LogP contribution in [0.25, 0.3) is 10.9 Å². The topological polar surface area (TPSA) is 43.8 Å². The first-order chi connectivity index (χ1) is 7.22. The molecule has 0 amide bonds. The van der Waals surface area contributed by atoms with Crippen LogP contribution >= 0.6 is 15.9 Å². The third-order valence-corrected chi connectivity index (χ3v) is 3.03. The Labute approximate surface area is 97.4 Å². The van der Waals surface area contributed by atoms with Crippen LogP contribution in [0.5, 0.6) is 0 Å². The van der Waals surface area contributed by atoms with Gasteiger partial charge < -0.3 is 5.73 Å². The average molecular weight is 268 g/mol. The van der Waals surface area contributed by atoms with Crippen molar-refractivity contribution in [2.75, 3.05) is 6.54 Å². The predicted molar refractivity (Wildman–Crippen MR) is 65.8 cm³/mol. The molecule has 4 heteroatoms. The Balaban J connectivity index is 2.44. The number of halogens is 1. The minimum Gasteiger partial charge on any atom is -0.330 e. The number of hydrogen-bond donors (Lipinski definition) is 1. The SMILES string of the molecule is Cc1c2ccc(Br)cc2nn1CCCN. The van der Waals surface area contributed by atoms with E-state index in [-0.39, 0.29) is 0 Å². The highest BCUT2D eigenvalue weighted by Gasteiger charge is 2.06. The van der Waals surface area contributed by atoms with Gasteiger partial charge in [0, 0.05) is 22.1 Å². The van der Waals surface area contributed by atoms with E-state index in [2.05, 4.69) is 34.0 Å². The van der Waals surface area contributed by atoms with Gasteiger partial charge in [-0.15, -0.1) is 0 Å². The second-order valence-electron chi connectivity index (χ2n) is 3.61. The van der Waals surface area contributed by atoms with Crippen LogP contribution in [0.3, 0.4) is 0 Å². The fourth-order valence-corrected chi connectivity index (χ4v) is 2.05. The summed E-state index contributed by atoms with van der Waals surface area (Å²) in [4.78, 5) is 0. The van der Waals surface area contributed by atoms with Crippen LogP contribution in [0.2, 0.25) is 0 Å². The quantitative estimate of drug-likeness (QED) is 0.929. The molecule has 0 aliphatic heterocycles. The maximum absolute atomic E-state index is 5.50. The molecule has 1 aromatic heterocycles. The van der Waals surface area contributed by atoms with Crippen molar-refractivity contribution in [1.82, 2.24) is 9.78 Å². The lowest BCUT2D eigenvalue weighted by Crippen LogP contribution is -2.07. The summed E-state index contributed by atoms with van der Waals surface area (Å²) in [6.45, 7) is 3.70. The molecule has 2 aromatic rings. The van der Waals surface area contributed by atoms with Crippen molar-refractivity contribution in [3.63, 3.8) is 0 Å². The van der Waals surface area contributed by atoms with Gasteiger partial charge in [0.2, 0.25) is 0 Å². The van der Waals surface area contributed by atoms with Crippen LogP contribution < -0.4 is 5.73 Å². The molecule has 0 saturated carbocycles. The number of fused-ring (bicyclic) bond motifs is 1. The van der Waals surface area contributed by atoms with Gasteiger partial charge in [-0.1, -0.05) is 15.9 Å². The van der Waals surface area contributed by atoms with E-state index in [1.165, 1.54) is 11.1 Å². The Bertz CT molecular complexity index is 476. The van der Waals surface area contributed by atoms with Crippen molar-refractivity contribution in [2.45, 2.75) is 19.9 Å². The molecule has 2 N–H and O–H groups in total. The molecule has 0 spiro atoms. The van der Waals surface area contributed by atoms with Crippen molar-refractivity contribution in [3.8, 4) is 0 Å². The summed E-state index contributed by atoms with van der Waals surface area (Å²) in [6, 6.07) is 6.19. The zero-order chi connectivity index (χ0) is 10.8. The Morgan fingerprint density at radius 3 is 3.00 bits per heavy atom. The molecule has 1 heterocycles. The number of rotatable bonds is 3. The third-order valence-electron chi connectivity index (χ3n) is 2.54. The number of aromatic nitrogens is 2. The molecular weight excluding hydrogens is 254 g/mol. The van der Waals surface area contributed by atoms with E-state index >= 15 is 0 Å². The number of nitrogens with zero attached hydrogens (tertiary/aromatic N) is 2. The molecule has 0 unspecified atom stereocenters. The molecule has 2 rings (SSSR count). The molecule has 0 aliphatic rings. The lowest BCUT2D eigenvalue weighted by Gasteiger charge is -2.01. The van der Waals surface area contributed by atoms with Crippen LogP contribution in [0, 0.1) is 6.92 Å². The van der Waals surface area contributed by atoms with Crippen molar-refractivity contribution in [2.24, 2.45) is 5.73 Å². The molecule has 15 heavy (non-hydrogen) atoms. The zero-order valence-electron chi connectivity index (χ0n) is 8.70. The molecule has 0 radical (unpaired) electrons. The fraction of sp³-hybridized carbons (Fsp3) is 0.364. The van der Waals surface area contributed by atoms with Gasteiger partial charge in [-0.2, -0.15) is 5.10 Å². The summed E-state index contributed by atoms with van der Waals surface area (Å²) in [6.07, 6.45) is 0.968. The van der Waals surface area contributed by atoms with E-state index in [0.29, 0.717) is 6.54 Å². The summed E-state index contributed by atoms with van der Waals surface area (Å²) in [5.74, 6) is 0. The molecular formula is C11H14BrN3. The number of aryl methyl sites for hydroxylation is 2. The number of benzene rings is 1. The van der Waals surface area contributed by atoms with E-state index < -0.39 is 0 Å². The Kier molecular flexibility index (Phi) is 3.07. The highest BCUT2D eigenvalue weighted by Crippen LogP contribution is 2.21. The summed E-state index contributed by atoms with van der Waals surface area (Å²) < 4.78 is 3.10. The monoisotopic (exact) mass is 267 g/mol. The smallest absolute Gasteiger partial charge is 0.0937 e. The highest BCUT2D eigenvalue weighted by atomic mass is 79.9. The number of nitrogens with two attached hydrogens (primary N) is 1. The van der Waals surface area contributed by atoms with Crippen LogP contribution in [0.1, 0.15) is 12.1 Å². The molecule has 1 aromatic carbocycles. The second-order valence-corrected chi connectivity index (χ2v) is 4.53. The maximum atomic E-state index is 5.50. The normalized spacial score (nSPS) is 11.1. The maximum Gasteiger partial charge on any atom is 0.0937 e. The van der Waals surface area contributed by atoms with Crippen LogP contribution in [-0.2, 0) is 6.54 Å². The van der Waals surface area contributed by atoms with Gasteiger partial charge >= 0.3 is 0 Å². The molecule has 0 saturated heterocycles. The molecule has 80 valence electrons. The van der Waals surface area contributed by atoms with Crippen LogP contribution in [0.15, 0.2) is 22.7 Å². The lowest BCUT2D eigenvalue weighted by molar-refractivity contribution is 0.576. The van der Waals surface area contributed by atoms with Gasteiger partial charge in [0.1, 0.15) is 0 Å². The Morgan fingerprint density at radius 1 is 1.47 bits per heavy atom. The van der Waals surface area contributed by atoms with E-state index in [1.54, 1.807) is 0 Å². The predicted octanol–water partition coefficient (Wildman–Crippen LogP) is 2.46. The van der Waals surface area contributed by atoms with E-state index in [1.807, 2.05) is 16.8 Å². The second kappa shape index (κ2) is 4.33. The minimum atomic E-state index is 0.708. The van der Waals surface area contributed by atoms with Crippen molar-refractivity contribution < 1.29 is 0 Å². The summed E-state index contributed by atoms with van der Waals surface area (Å²) in [5, 5.41) is 5.76. The van der Waals surface area contributed by atoms with E-state index in [9.17, 15) is 0 Å². The van der Waals surface area contributed by atoms with Crippen molar-refractivity contribution in [3.05, 3.63) is 28.4 Å². The van der Waals surface area contributed by atoms with Crippen molar-refractivity contribution >= 4 is 26.8 Å². The van der Waals surface area contributed by atoms with Crippen LogP contribution in [-0.4, -0.2) is 16.3 Å². The minimum absolute atomic E-state index is 0.708. The summed E-state index contributed by atoms with van der Waals surface area (Å²) in [7, 11) is 0. The Hall–Kier alpha value is -0.870. The van der Waals surface area contributed by atoms with Gasteiger partial charge in [0.25, 0.3) is 0 Å². The van der Waals surface area contributed by atoms with Gasteiger partial charge in [-0.3, -0.25) is 4.68 Å². The number of hydrogen-bond acceptors (Lipinski definition) is 2. The molecule has 3 nitrogen and oxygen atoms in total. The Morgan fingerprint density at radius 2 is 2.27 bits per heavy atom. The van der Waals surface area contributed by atoms with Crippen LogP contribution in [0.4, 0.5) is 0 Å². The highest BCUT2D eigenvalue weighted by molar-refractivity contribution is 9.10. The fourth-order valence-electron chi connectivity index (χ4n) is 1.70. The molecule has 0 fully saturated rings. The van der Waals surface area contributed by atoms with Gasteiger partial charge in [0.15, 0.2) is 0 Å². The molecule has 0 bridgehead atoms. The third kappa shape index (κ3) is 2.06. The van der Waals surface area contributed by atoms with Gasteiger partial charge in [0.05, 0.1) is 5.52 Å². The van der Waals surface area contributed by atoms with E-state index in [0.717, 1.165) is 23.0 Å². The van der Waals surface area contributed by atoms with Gasteiger partial charge in [-0.25, -0.2) is 0 Å². The van der Waals surface area contributed by atoms with Gasteiger partial charge in [-0.05, 0) is 38.1 Å². The molecule has 0 atom stereocenters. The standard InChI is InChI=1S/C11H14BrN3/c1-8-10-4-3-9(12)7-11(10)14-15(8)6-2-5-13/h3-4,7H,2,5-6,13H2,1H3. The first kappa shape index (κ1) is 10.6. The largest absolute Gasteiger partial charge is 0.330 e.